The average Bonchev–Trinajstić information content (AvgIpc) is 2.56. The van der Waals surface area contributed by atoms with Gasteiger partial charge >= 0.3 is 0 Å². The van der Waals surface area contributed by atoms with Crippen molar-refractivity contribution >= 4 is 18.3 Å². The minimum atomic E-state index is -0.511. The van der Waals surface area contributed by atoms with Crippen LogP contribution in [0, 0.1) is 11.8 Å². The van der Waals surface area contributed by atoms with Gasteiger partial charge in [0.2, 0.25) is 5.91 Å². The Balaban J connectivity index is 0.00000264. The Hall–Kier alpha value is -1.10. The number of halogens is 1. The van der Waals surface area contributed by atoms with Crippen molar-refractivity contribution in [3.05, 3.63) is 35.9 Å². The summed E-state index contributed by atoms with van der Waals surface area (Å²) in [4.78, 5) is 12.0. The van der Waals surface area contributed by atoms with E-state index in [0.29, 0.717) is 31.2 Å². The number of benzene rings is 1. The molecule has 4 nitrogen and oxygen atoms in total. The number of hydrogen-bond acceptors (Lipinski definition) is 3. The number of rotatable bonds is 7. The van der Waals surface area contributed by atoms with E-state index < -0.39 is 6.10 Å². The number of amides is 1. The number of aliphatic hydroxyl groups excluding tert-OH is 1. The molecule has 0 bridgehead atoms. The lowest BCUT2D eigenvalue weighted by Gasteiger charge is -2.27. The highest BCUT2D eigenvalue weighted by Crippen LogP contribution is 2.24. The van der Waals surface area contributed by atoms with E-state index in [2.05, 4.69) is 17.6 Å². The molecule has 5 heteroatoms. The zero-order chi connectivity index (χ0) is 15.8. The Morgan fingerprint density at radius 1 is 1.30 bits per heavy atom. The van der Waals surface area contributed by atoms with Crippen molar-refractivity contribution in [2.45, 2.75) is 38.7 Å². The standard InChI is InChI=1S/C18H28N2O2.ClH/c1-14(15-7-10-19-11-8-15)13-18(22)20-12-9-17(21)16-5-3-2-4-6-16;/h2-6,14-15,17,19,21H,7-13H2,1H3,(H,20,22);1H. The molecular weight excluding hydrogens is 312 g/mol. The first-order valence-corrected chi connectivity index (χ1v) is 8.37. The van der Waals surface area contributed by atoms with Gasteiger partial charge in [-0.15, -0.1) is 12.4 Å². The van der Waals surface area contributed by atoms with E-state index in [1.165, 1.54) is 12.8 Å². The van der Waals surface area contributed by atoms with Crippen LogP contribution in [0.25, 0.3) is 0 Å². The maximum Gasteiger partial charge on any atom is 0.220 e. The van der Waals surface area contributed by atoms with E-state index in [9.17, 15) is 9.90 Å². The van der Waals surface area contributed by atoms with E-state index >= 15 is 0 Å². The van der Waals surface area contributed by atoms with Crippen molar-refractivity contribution in [3.8, 4) is 0 Å². The molecule has 1 saturated heterocycles. The van der Waals surface area contributed by atoms with E-state index in [0.717, 1.165) is 18.7 Å². The molecule has 0 radical (unpaired) electrons. The molecule has 0 aliphatic carbocycles. The number of piperidine rings is 1. The van der Waals surface area contributed by atoms with E-state index in [1.807, 2.05) is 30.3 Å². The zero-order valence-electron chi connectivity index (χ0n) is 13.8. The van der Waals surface area contributed by atoms with Crippen molar-refractivity contribution < 1.29 is 9.90 Å². The maximum atomic E-state index is 12.0. The summed E-state index contributed by atoms with van der Waals surface area (Å²) < 4.78 is 0. The second-order valence-electron chi connectivity index (χ2n) is 6.33. The third-order valence-corrected chi connectivity index (χ3v) is 4.62. The molecule has 2 unspecified atom stereocenters. The Morgan fingerprint density at radius 3 is 2.61 bits per heavy atom. The molecule has 0 saturated carbocycles. The van der Waals surface area contributed by atoms with Gasteiger partial charge in [-0.3, -0.25) is 4.79 Å². The van der Waals surface area contributed by atoms with Crippen molar-refractivity contribution in [1.82, 2.24) is 10.6 Å². The number of carbonyl (C=O) groups excluding carboxylic acids is 1. The average molecular weight is 341 g/mol. The number of nitrogens with one attached hydrogen (secondary N) is 2. The Bertz CT molecular complexity index is 450. The van der Waals surface area contributed by atoms with E-state index in [4.69, 9.17) is 0 Å². The Morgan fingerprint density at radius 2 is 1.96 bits per heavy atom. The molecule has 1 heterocycles. The topological polar surface area (TPSA) is 61.4 Å². The first-order chi connectivity index (χ1) is 10.7. The van der Waals surface area contributed by atoms with E-state index in [1.54, 1.807) is 0 Å². The molecule has 0 spiro atoms. The maximum absolute atomic E-state index is 12.0. The minimum Gasteiger partial charge on any atom is -0.388 e. The van der Waals surface area contributed by atoms with Gasteiger partial charge in [0.15, 0.2) is 0 Å². The van der Waals surface area contributed by atoms with Crippen molar-refractivity contribution in [2.75, 3.05) is 19.6 Å². The summed E-state index contributed by atoms with van der Waals surface area (Å²) in [6.07, 6.45) is 2.97. The zero-order valence-corrected chi connectivity index (χ0v) is 14.6. The van der Waals surface area contributed by atoms with Gasteiger partial charge in [0.05, 0.1) is 6.10 Å². The lowest BCUT2D eigenvalue weighted by Crippen LogP contribution is -2.33. The van der Waals surface area contributed by atoms with Crippen LogP contribution in [0.1, 0.15) is 44.3 Å². The third kappa shape index (κ3) is 6.90. The Kier molecular flexibility index (Phi) is 9.22. The molecule has 1 amide bonds. The summed E-state index contributed by atoms with van der Waals surface area (Å²) in [6, 6.07) is 9.58. The molecule has 23 heavy (non-hydrogen) atoms. The van der Waals surface area contributed by atoms with Crippen LogP contribution in [0.4, 0.5) is 0 Å². The van der Waals surface area contributed by atoms with Crippen LogP contribution in [0.5, 0.6) is 0 Å². The smallest absolute Gasteiger partial charge is 0.220 e. The molecular formula is C18H29ClN2O2. The van der Waals surface area contributed by atoms with Gasteiger partial charge in [0.1, 0.15) is 0 Å². The summed E-state index contributed by atoms with van der Waals surface area (Å²) in [5.41, 5.74) is 0.903. The molecule has 1 fully saturated rings. The molecule has 2 atom stereocenters. The fraction of sp³-hybridized carbons (Fsp3) is 0.611. The summed E-state index contributed by atoms with van der Waals surface area (Å²) in [5.74, 6) is 1.19. The number of aliphatic hydroxyl groups is 1. The summed E-state index contributed by atoms with van der Waals surface area (Å²) in [5, 5.41) is 16.4. The van der Waals surface area contributed by atoms with Gasteiger partial charge in [0.25, 0.3) is 0 Å². The highest BCUT2D eigenvalue weighted by atomic mass is 35.5. The highest BCUT2D eigenvalue weighted by molar-refractivity contribution is 5.85. The van der Waals surface area contributed by atoms with Crippen LogP contribution in [0.3, 0.4) is 0 Å². The molecule has 3 N–H and O–H groups in total. The summed E-state index contributed by atoms with van der Waals surface area (Å²) >= 11 is 0. The monoisotopic (exact) mass is 340 g/mol. The van der Waals surface area contributed by atoms with Crippen molar-refractivity contribution in [1.29, 1.82) is 0 Å². The van der Waals surface area contributed by atoms with Crippen LogP contribution in [0.15, 0.2) is 30.3 Å². The van der Waals surface area contributed by atoms with Gasteiger partial charge in [0, 0.05) is 13.0 Å². The molecule has 1 aliphatic heterocycles. The lowest BCUT2D eigenvalue weighted by molar-refractivity contribution is -0.122. The van der Waals surface area contributed by atoms with Gasteiger partial charge in [-0.1, -0.05) is 37.3 Å². The normalized spacial score (nSPS) is 17.8. The van der Waals surface area contributed by atoms with E-state index in [-0.39, 0.29) is 18.3 Å². The van der Waals surface area contributed by atoms with Gasteiger partial charge in [-0.25, -0.2) is 0 Å². The third-order valence-electron chi connectivity index (χ3n) is 4.62. The Labute approximate surface area is 145 Å². The molecule has 130 valence electrons. The second kappa shape index (κ2) is 10.6. The van der Waals surface area contributed by atoms with Crippen molar-refractivity contribution in [2.24, 2.45) is 11.8 Å². The predicted molar refractivity (Wildman–Crippen MR) is 95.7 cm³/mol. The summed E-state index contributed by atoms with van der Waals surface area (Å²) in [6.45, 7) is 4.84. The van der Waals surface area contributed by atoms with Gasteiger partial charge in [-0.05, 0) is 49.8 Å². The lowest BCUT2D eigenvalue weighted by atomic mass is 9.84. The largest absolute Gasteiger partial charge is 0.388 e. The van der Waals surface area contributed by atoms with Gasteiger partial charge < -0.3 is 15.7 Å². The predicted octanol–water partition coefficient (Wildman–Crippen LogP) is 2.67. The van der Waals surface area contributed by atoms with Crippen LogP contribution in [0.2, 0.25) is 0 Å². The SMILES string of the molecule is CC(CC(=O)NCCC(O)c1ccccc1)C1CCNCC1.Cl. The molecule has 1 aromatic carbocycles. The first kappa shape index (κ1) is 19.9. The van der Waals surface area contributed by atoms with Crippen molar-refractivity contribution in [3.63, 3.8) is 0 Å². The highest BCUT2D eigenvalue weighted by Gasteiger charge is 2.21. The quantitative estimate of drug-likeness (QED) is 0.715. The minimum absolute atomic E-state index is 0. The fourth-order valence-electron chi connectivity index (χ4n) is 3.13. The van der Waals surface area contributed by atoms with Crippen LogP contribution in [-0.4, -0.2) is 30.6 Å². The molecule has 2 rings (SSSR count). The van der Waals surface area contributed by atoms with Gasteiger partial charge in [-0.2, -0.15) is 0 Å². The van der Waals surface area contributed by atoms with Crippen LogP contribution in [-0.2, 0) is 4.79 Å². The first-order valence-electron chi connectivity index (χ1n) is 8.37. The molecule has 0 aromatic heterocycles. The molecule has 1 aliphatic rings. The van der Waals surface area contributed by atoms with Crippen LogP contribution < -0.4 is 10.6 Å². The number of hydrogen-bond donors (Lipinski definition) is 3. The number of carbonyl (C=O) groups is 1. The molecule has 1 aromatic rings. The fourth-order valence-corrected chi connectivity index (χ4v) is 3.13. The second-order valence-corrected chi connectivity index (χ2v) is 6.33. The van der Waals surface area contributed by atoms with Crippen LogP contribution >= 0.6 is 12.4 Å². The summed E-state index contributed by atoms with van der Waals surface area (Å²) in [7, 11) is 0.